The van der Waals surface area contributed by atoms with Crippen molar-refractivity contribution in [2.75, 3.05) is 46.9 Å². The van der Waals surface area contributed by atoms with Crippen LogP contribution in [0.1, 0.15) is 30.9 Å². The highest BCUT2D eigenvalue weighted by molar-refractivity contribution is 5.33. The van der Waals surface area contributed by atoms with Crippen LogP contribution in [0, 0.1) is 5.92 Å². The van der Waals surface area contributed by atoms with E-state index in [0.717, 1.165) is 43.5 Å². The van der Waals surface area contributed by atoms with Crippen molar-refractivity contribution in [1.82, 2.24) is 9.80 Å². The monoisotopic (exact) mass is 396 g/mol. The van der Waals surface area contributed by atoms with Crippen LogP contribution in [0.4, 0.5) is 0 Å². The summed E-state index contributed by atoms with van der Waals surface area (Å²) in [7, 11) is 3.95. The van der Waals surface area contributed by atoms with Gasteiger partial charge in [-0.05, 0) is 76.0 Å². The van der Waals surface area contributed by atoms with Crippen LogP contribution in [-0.4, -0.2) is 56.7 Å². The number of ether oxygens (including phenoxy) is 2. The average Bonchev–Trinajstić information content (AvgIpc) is 2.75. The van der Waals surface area contributed by atoms with Gasteiger partial charge in [0.15, 0.2) is 0 Å². The van der Waals surface area contributed by atoms with Crippen LogP contribution in [0.25, 0.3) is 0 Å². The second-order valence-electron chi connectivity index (χ2n) is 8.12. The van der Waals surface area contributed by atoms with E-state index < -0.39 is 0 Å². The molecule has 2 aromatic carbocycles. The molecule has 0 bridgehead atoms. The van der Waals surface area contributed by atoms with Gasteiger partial charge in [0.25, 0.3) is 0 Å². The minimum absolute atomic E-state index is 0.706. The van der Waals surface area contributed by atoms with E-state index in [2.05, 4.69) is 72.3 Å². The number of para-hydroxylation sites is 1. The molecular weight excluding hydrogens is 360 g/mol. The molecule has 1 saturated heterocycles. The van der Waals surface area contributed by atoms with Gasteiger partial charge in [0.1, 0.15) is 11.5 Å². The van der Waals surface area contributed by atoms with Crippen molar-refractivity contribution >= 4 is 0 Å². The summed E-state index contributed by atoms with van der Waals surface area (Å²) in [6.07, 6.45) is 3.64. The lowest BCUT2D eigenvalue weighted by Gasteiger charge is -2.33. The van der Waals surface area contributed by atoms with Crippen molar-refractivity contribution in [3.05, 3.63) is 59.7 Å². The van der Waals surface area contributed by atoms with Gasteiger partial charge in [-0.25, -0.2) is 0 Å². The molecule has 2 aromatic rings. The third-order valence-electron chi connectivity index (χ3n) is 5.90. The van der Waals surface area contributed by atoms with Crippen LogP contribution in [0.3, 0.4) is 0 Å². The predicted octanol–water partition coefficient (Wildman–Crippen LogP) is 4.48. The fourth-order valence-electron chi connectivity index (χ4n) is 4.10. The Morgan fingerprint density at radius 1 is 1.03 bits per heavy atom. The number of likely N-dealkylation sites (tertiary alicyclic amines) is 1. The zero-order valence-electron chi connectivity index (χ0n) is 18.3. The first-order valence-electron chi connectivity index (χ1n) is 10.9. The Labute approximate surface area is 176 Å². The molecule has 1 heterocycles. The van der Waals surface area contributed by atoms with Gasteiger partial charge in [-0.15, -0.1) is 0 Å². The van der Waals surface area contributed by atoms with Gasteiger partial charge in [0.05, 0.1) is 13.7 Å². The van der Waals surface area contributed by atoms with Crippen LogP contribution in [0.5, 0.6) is 11.5 Å². The molecule has 0 radical (unpaired) electrons. The van der Waals surface area contributed by atoms with Crippen molar-refractivity contribution < 1.29 is 9.47 Å². The Morgan fingerprint density at radius 3 is 2.45 bits per heavy atom. The van der Waals surface area contributed by atoms with Crippen LogP contribution in [0.15, 0.2) is 48.5 Å². The molecule has 1 aliphatic rings. The molecule has 0 aliphatic carbocycles. The van der Waals surface area contributed by atoms with Crippen LogP contribution in [0.2, 0.25) is 0 Å². The molecule has 0 atom stereocenters. The smallest absolute Gasteiger partial charge is 0.123 e. The Bertz CT molecular complexity index is 724. The normalized spacial score (nSPS) is 15.6. The first kappa shape index (κ1) is 21.7. The summed E-state index contributed by atoms with van der Waals surface area (Å²) in [5.74, 6) is 2.72. The van der Waals surface area contributed by atoms with E-state index in [4.69, 9.17) is 9.47 Å². The zero-order chi connectivity index (χ0) is 20.5. The van der Waals surface area contributed by atoms with E-state index in [1.807, 2.05) is 0 Å². The predicted molar refractivity (Wildman–Crippen MR) is 120 cm³/mol. The summed E-state index contributed by atoms with van der Waals surface area (Å²) in [5, 5.41) is 0. The van der Waals surface area contributed by atoms with E-state index in [-0.39, 0.29) is 0 Å². The molecule has 158 valence electrons. The highest BCUT2D eigenvalue weighted by Gasteiger charge is 2.20. The summed E-state index contributed by atoms with van der Waals surface area (Å²) in [6, 6.07) is 17.0. The minimum atomic E-state index is 0.706. The van der Waals surface area contributed by atoms with Crippen molar-refractivity contribution in [1.29, 1.82) is 0 Å². The number of hydrogen-bond donors (Lipinski definition) is 0. The van der Waals surface area contributed by atoms with Crippen LogP contribution in [-0.2, 0) is 13.0 Å². The molecule has 0 aromatic heterocycles. The van der Waals surface area contributed by atoms with Crippen molar-refractivity contribution in [3.63, 3.8) is 0 Å². The molecule has 1 fully saturated rings. The van der Waals surface area contributed by atoms with Gasteiger partial charge in [-0.1, -0.05) is 30.3 Å². The van der Waals surface area contributed by atoms with Gasteiger partial charge in [0, 0.05) is 25.2 Å². The Balaban J connectivity index is 1.67. The van der Waals surface area contributed by atoms with E-state index in [0.29, 0.717) is 6.61 Å². The SMILES string of the molecule is CCOc1ccccc1CN(CCc1ccc(OC)cc1)CC1CCN(C)CC1. The van der Waals surface area contributed by atoms with Crippen molar-refractivity contribution in [3.8, 4) is 11.5 Å². The first-order chi connectivity index (χ1) is 14.2. The van der Waals surface area contributed by atoms with Crippen LogP contribution < -0.4 is 9.47 Å². The molecule has 4 heteroatoms. The molecule has 0 spiro atoms. The highest BCUT2D eigenvalue weighted by Crippen LogP contribution is 2.23. The highest BCUT2D eigenvalue weighted by atomic mass is 16.5. The van der Waals surface area contributed by atoms with Gasteiger partial charge in [-0.3, -0.25) is 4.90 Å². The lowest BCUT2D eigenvalue weighted by atomic mass is 9.96. The Morgan fingerprint density at radius 2 is 1.76 bits per heavy atom. The van der Waals surface area contributed by atoms with Crippen molar-refractivity contribution in [2.45, 2.75) is 32.7 Å². The Hall–Kier alpha value is -2.04. The van der Waals surface area contributed by atoms with Crippen LogP contribution >= 0.6 is 0 Å². The third kappa shape index (κ3) is 6.76. The van der Waals surface area contributed by atoms with E-state index >= 15 is 0 Å². The summed E-state index contributed by atoms with van der Waals surface area (Å²) < 4.78 is 11.2. The van der Waals surface area contributed by atoms with E-state index in [1.165, 1.54) is 37.1 Å². The zero-order valence-corrected chi connectivity index (χ0v) is 18.3. The molecular formula is C25H36N2O2. The maximum Gasteiger partial charge on any atom is 0.123 e. The first-order valence-corrected chi connectivity index (χ1v) is 10.9. The molecule has 3 rings (SSSR count). The molecule has 4 nitrogen and oxygen atoms in total. The van der Waals surface area contributed by atoms with Gasteiger partial charge >= 0.3 is 0 Å². The van der Waals surface area contributed by atoms with E-state index in [1.54, 1.807) is 7.11 Å². The summed E-state index contributed by atoms with van der Waals surface area (Å²) >= 11 is 0. The summed E-state index contributed by atoms with van der Waals surface area (Å²) in [5.41, 5.74) is 2.65. The Kier molecular flexibility index (Phi) is 8.38. The second-order valence-corrected chi connectivity index (χ2v) is 8.12. The standard InChI is InChI=1S/C25H36N2O2/c1-4-29-25-8-6-5-7-23(25)20-27(19-22-13-16-26(2)17-14-22)18-15-21-9-11-24(28-3)12-10-21/h5-12,22H,4,13-20H2,1-3H3. The number of piperidine rings is 1. The summed E-state index contributed by atoms with van der Waals surface area (Å²) in [6.45, 7) is 8.34. The number of hydrogen-bond acceptors (Lipinski definition) is 4. The number of benzene rings is 2. The lowest BCUT2D eigenvalue weighted by Crippen LogP contribution is -2.37. The fourth-order valence-corrected chi connectivity index (χ4v) is 4.10. The molecule has 0 unspecified atom stereocenters. The number of nitrogens with zero attached hydrogens (tertiary/aromatic N) is 2. The maximum atomic E-state index is 5.88. The molecule has 29 heavy (non-hydrogen) atoms. The average molecular weight is 397 g/mol. The van der Waals surface area contributed by atoms with Gasteiger partial charge in [-0.2, -0.15) is 0 Å². The minimum Gasteiger partial charge on any atom is -0.497 e. The maximum absolute atomic E-state index is 5.88. The largest absolute Gasteiger partial charge is 0.497 e. The molecule has 0 amide bonds. The topological polar surface area (TPSA) is 24.9 Å². The fraction of sp³-hybridized carbons (Fsp3) is 0.520. The van der Waals surface area contributed by atoms with Gasteiger partial charge in [0.2, 0.25) is 0 Å². The number of rotatable bonds is 10. The summed E-state index contributed by atoms with van der Waals surface area (Å²) in [4.78, 5) is 5.07. The molecule has 0 saturated carbocycles. The quantitative estimate of drug-likeness (QED) is 0.591. The third-order valence-corrected chi connectivity index (χ3v) is 5.90. The molecule has 1 aliphatic heterocycles. The van der Waals surface area contributed by atoms with Crippen molar-refractivity contribution in [2.24, 2.45) is 5.92 Å². The molecule has 0 N–H and O–H groups in total. The lowest BCUT2D eigenvalue weighted by molar-refractivity contribution is 0.156. The number of methoxy groups -OCH3 is 1. The van der Waals surface area contributed by atoms with Gasteiger partial charge < -0.3 is 14.4 Å². The second kappa shape index (κ2) is 11.2. The van der Waals surface area contributed by atoms with E-state index in [9.17, 15) is 0 Å².